The number of hydrogen-bond acceptors (Lipinski definition) is 4. The molecule has 0 aliphatic carbocycles. The van der Waals surface area contributed by atoms with Gasteiger partial charge >= 0.3 is 0 Å². The largest absolute Gasteiger partial charge is 0.354 e. The van der Waals surface area contributed by atoms with Crippen LogP contribution >= 0.6 is 31.9 Å². The SMILES string of the molecule is CCCCNC(=O)[C@@H](C)N(Cc1cccc(Br)c1)C(=O)CN(c1ccc(Br)cc1)S(=O)(=O)c1ccccc1. The van der Waals surface area contributed by atoms with Gasteiger partial charge in [-0.2, -0.15) is 0 Å². The fraction of sp³-hybridized carbons (Fsp3) is 0.286. The molecule has 0 radical (unpaired) electrons. The van der Waals surface area contributed by atoms with Crippen molar-refractivity contribution in [3.8, 4) is 0 Å². The lowest BCUT2D eigenvalue weighted by Crippen LogP contribution is -2.51. The molecule has 3 aromatic carbocycles. The number of carbonyl (C=O) groups is 2. The number of sulfonamides is 1. The Morgan fingerprint density at radius 3 is 2.24 bits per heavy atom. The van der Waals surface area contributed by atoms with Crippen LogP contribution in [0, 0.1) is 0 Å². The van der Waals surface area contributed by atoms with E-state index in [1.54, 1.807) is 49.4 Å². The number of rotatable bonds is 12. The maximum absolute atomic E-state index is 13.9. The van der Waals surface area contributed by atoms with Gasteiger partial charge in [0.1, 0.15) is 12.6 Å². The Kier molecular flexibility index (Phi) is 10.9. The fourth-order valence-corrected chi connectivity index (χ4v) is 5.95. The molecule has 0 saturated carbocycles. The van der Waals surface area contributed by atoms with Crippen LogP contribution in [0.2, 0.25) is 0 Å². The van der Waals surface area contributed by atoms with Crippen molar-refractivity contribution in [1.82, 2.24) is 10.2 Å². The van der Waals surface area contributed by atoms with Gasteiger partial charge in [0.2, 0.25) is 11.8 Å². The number of amides is 2. The summed E-state index contributed by atoms with van der Waals surface area (Å²) in [6.45, 7) is 3.86. The predicted molar refractivity (Wildman–Crippen MR) is 157 cm³/mol. The van der Waals surface area contributed by atoms with Gasteiger partial charge in [0.15, 0.2) is 0 Å². The number of nitrogens with zero attached hydrogens (tertiary/aromatic N) is 2. The van der Waals surface area contributed by atoms with Crippen LogP contribution in [0.5, 0.6) is 0 Å². The van der Waals surface area contributed by atoms with Crippen LogP contribution in [0.25, 0.3) is 0 Å². The summed E-state index contributed by atoms with van der Waals surface area (Å²) < 4.78 is 30.1. The molecule has 38 heavy (non-hydrogen) atoms. The third kappa shape index (κ3) is 7.91. The third-order valence-electron chi connectivity index (χ3n) is 5.96. The molecule has 0 heterocycles. The highest BCUT2D eigenvalue weighted by Crippen LogP contribution is 2.26. The second kappa shape index (κ2) is 13.9. The number of benzene rings is 3. The normalized spacial score (nSPS) is 12.0. The lowest BCUT2D eigenvalue weighted by atomic mass is 10.1. The number of nitrogens with one attached hydrogen (secondary N) is 1. The van der Waals surface area contributed by atoms with Crippen molar-refractivity contribution in [2.24, 2.45) is 0 Å². The number of hydrogen-bond donors (Lipinski definition) is 1. The van der Waals surface area contributed by atoms with Crippen LogP contribution in [0.3, 0.4) is 0 Å². The second-order valence-electron chi connectivity index (χ2n) is 8.77. The second-order valence-corrected chi connectivity index (χ2v) is 12.5. The van der Waals surface area contributed by atoms with Gasteiger partial charge < -0.3 is 10.2 Å². The van der Waals surface area contributed by atoms with Crippen LogP contribution in [0.1, 0.15) is 32.3 Å². The Labute approximate surface area is 241 Å². The Morgan fingerprint density at radius 2 is 1.61 bits per heavy atom. The van der Waals surface area contributed by atoms with Crippen LogP contribution in [0.15, 0.2) is 92.7 Å². The van der Waals surface area contributed by atoms with Crippen molar-refractivity contribution in [2.75, 3.05) is 17.4 Å². The molecular weight excluding hydrogens is 634 g/mol. The van der Waals surface area contributed by atoms with Crippen molar-refractivity contribution in [1.29, 1.82) is 0 Å². The van der Waals surface area contributed by atoms with E-state index in [1.165, 1.54) is 17.0 Å². The zero-order valence-electron chi connectivity index (χ0n) is 21.3. The molecule has 3 aromatic rings. The number of anilines is 1. The predicted octanol–water partition coefficient (Wildman–Crippen LogP) is 5.74. The molecule has 1 atom stereocenters. The van der Waals surface area contributed by atoms with E-state index in [0.717, 1.165) is 31.7 Å². The first kappa shape index (κ1) is 29.9. The van der Waals surface area contributed by atoms with Crippen LogP contribution in [-0.4, -0.2) is 44.3 Å². The van der Waals surface area contributed by atoms with Gasteiger partial charge in [0.05, 0.1) is 10.6 Å². The lowest BCUT2D eigenvalue weighted by Gasteiger charge is -2.32. The highest BCUT2D eigenvalue weighted by atomic mass is 79.9. The summed E-state index contributed by atoms with van der Waals surface area (Å²) in [6.07, 6.45) is 1.75. The molecular formula is C28H31Br2N3O4S. The molecule has 202 valence electrons. The smallest absolute Gasteiger partial charge is 0.264 e. The first-order valence-electron chi connectivity index (χ1n) is 12.3. The summed E-state index contributed by atoms with van der Waals surface area (Å²) in [6, 6.07) is 21.3. The lowest BCUT2D eigenvalue weighted by molar-refractivity contribution is -0.139. The third-order valence-corrected chi connectivity index (χ3v) is 8.77. The first-order chi connectivity index (χ1) is 18.1. The van der Waals surface area contributed by atoms with E-state index in [9.17, 15) is 18.0 Å². The van der Waals surface area contributed by atoms with E-state index in [4.69, 9.17) is 0 Å². The van der Waals surface area contributed by atoms with Gasteiger partial charge in [0.25, 0.3) is 10.0 Å². The van der Waals surface area contributed by atoms with Crippen molar-refractivity contribution in [2.45, 2.75) is 44.2 Å². The Morgan fingerprint density at radius 1 is 0.921 bits per heavy atom. The topological polar surface area (TPSA) is 86.8 Å². The molecule has 1 N–H and O–H groups in total. The van der Waals surface area contributed by atoms with E-state index in [0.29, 0.717) is 12.2 Å². The van der Waals surface area contributed by atoms with E-state index in [1.807, 2.05) is 31.2 Å². The Hall–Kier alpha value is -2.69. The monoisotopic (exact) mass is 663 g/mol. The fourth-order valence-electron chi connectivity index (χ4n) is 3.81. The number of carbonyl (C=O) groups excluding carboxylic acids is 2. The van der Waals surface area contributed by atoms with Gasteiger partial charge in [-0.15, -0.1) is 0 Å². The summed E-state index contributed by atoms with van der Waals surface area (Å²) in [5.41, 5.74) is 1.15. The standard InChI is InChI=1S/C28H31Br2N3O4S/c1-3-4-17-31-28(35)21(2)32(19-22-9-8-10-24(30)18-22)27(34)20-33(25-15-13-23(29)14-16-25)38(36,37)26-11-6-5-7-12-26/h5-16,18,21H,3-4,17,19-20H2,1-2H3,(H,31,35)/t21-/m1/s1. The van der Waals surface area contributed by atoms with Crippen molar-refractivity contribution >= 4 is 59.4 Å². The van der Waals surface area contributed by atoms with E-state index >= 15 is 0 Å². The Balaban J connectivity index is 1.98. The molecule has 0 bridgehead atoms. The molecule has 0 saturated heterocycles. The maximum Gasteiger partial charge on any atom is 0.264 e. The molecule has 7 nitrogen and oxygen atoms in total. The molecule has 0 aromatic heterocycles. The van der Waals surface area contributed by atoms with E-state index in [2.05, 4.69) is 37.2 Å². The quantitative estimate of drug-likeness (QED) is 0.250. The molecule has 3 rings (SSSR count). The van der Waals surface area contributed by atoms with Crippen molar-refractivity contribution in [3.63, 3.8) is 0 Å². The molecule has 0 aliphatic rings. The van der Waals surface area contributed by atoms with Crippen LogP contribution < -0.4 is 9.62 Å². The molecule has 2 amide bonds. The van der Waals surface area contributed by atoms with Crippen LogP contribution in [-0.2, 0) is 26.2 Å². The molecule has 10 heteroatoms. The minimum absolute atomic E-state index is 0.0691. The van der Waals surface area contributed by atoms with Gasteiger partial charge in [0, 0.05) is 22.0 Å². The summed E-state index contributed by atoms with van der Waals surface area (Å²) in [4.78, 5) is 28.3. The molecule has 0 unspecified atom stereocenters. The summed E-state index contributed by atoms with van der Waals surface area (Å²) in [5, 5.41) is 2.88. The zero-order valence-corrected chi connectivity index (χ0v) is 25.3. The van der Waals surface area contributed by atoms with Gasteiger partial charge in [-0.05, 0) is 67.4 Å². The summed E-state index contributed by atoms with van der Waals surface area (Å²) in [7, 11) is -4.08. The zero-order chi connectivity index (χ0) is 27.7. The summed E-state index contributed by atoms with van der Waals surface area (Å²) >= 11 is 6.83. The van der Waals surface area contributed by atoms with Crippen molar-refractivity contribution in [3.05, 3.63) is 93.4 Å². The van der Waals surface area contributed by atoms with Gasteiger partial charge in [-0.25, -0.2) is 8.42 Å². The summed E-state index contributed by atoms with van der Waals surface area (Å²) in [5.74, 6) is -0.784. The average Bonchev–Trinajstić information content (AvgIpc) is 2.91. The van der Waals surface area contributed by atoms with E-state index < -0.39 is 28.5 Å². The van der Waals surface area contributed by atoms with Gasteiger partial charge in [-0.1, -0.05) is 75.5 Å². The Bertz CT molecular complexity index is 1340. The van der Waals surface area contributed by atoms with Crippen molar-refractivity contribution < 1.29 is 18.0 Å². The molecule has 0 aliphatic heterocycles. The first-order valence-corrected chi connectivity index (χ1v) is 15.3. The minimum atomic E-state index is -4.08. The van der Waals surface area contributed by atoms with Crippen LogP contribution in [0.4, 0.5) is 5.69 Å². The minimum Gasteiger partial charge on any atom is -0.354 e. The van der Waals surface area contributed by atoms with E-state index in [-0.39, 0.29) is 17.3 Å². The number of unbranched alkanes of at least 4 members (excludes halogenated alkanes) is 1. The number of halogens is 2. The highest BCUT2D eigenvalue weighted by molar-refractivity contribution is 9.10. The average molecular weight is 665 g/mol. The molecule has 0 spiro atoms. The maximum atomic E-state index is 13.9. The molecule has 0 fully saturated rings. The highest BCUT2D eigenvalue weighted by Gasteiger charge is 2.32. The van der Waals surface area contributed by atoms with Gasteiger partial charge in [-0.3, -0.25) is 13.9 Å².